The molecular formula is C3H7LiMg. The Kier molecular flexibility index (Phi) is 35.2. The van der Waals surface area contributed by atoms with E-state index in [0.717, 1.165) is 6.42 Å². The summed E-state index contributed by atoms with van der Waals surface area (Å²) in [5.74, 6) is 0. The van der Waals surface area contributed by atoms with Crippen molar-refractivity contribution in [2.24, 2.45) is 0 Å². The zero-order chi connectivity index (χ0) is 4.71. The van der Waals surface area contributed by atoms with Gasteiger partial charge in [-0.1, -0.05) is 6.92 Å². The topological polar surface area (TPSA) is 0 Å². The van der Waals surface area contributed by atoms with E-state index in [2.05, 4.69) is 6.92 Å². The maximum absolute atomic E-state index is 3.49. The van der Waals surface area contributed by atoms with Crippen LogP contribution >= 0.6 is 0 Å². The molecule has 22 valence electrons. The van der Waals surface area contributed by atoms with Gasteiger partial charge in [-0.15, -0.1) is 0 Å². The van der Waals surface area contributed by atoms with Gasteiger partial charge >= 0.3 is 33.6 Å². The Morgan fingerprint density at radius 1 is 1.80 bits per heavy atom. The average molecular weight is 74.3 g/mol. The molecule has 0 amide bonds. The van der Waals surface area contributed by atoms with Crippen LogP contribution in [-0.2, 0) is 0 Å². The van der Waals surface area contributed by atoms with Crippen LogP contribution in [0.2, 0.25) is 0 Å². The molecule has 0 nitrogen and oxygen atoms in total. The zero-order valence-electron chi connectivity index (χ0n) is 4.12. The molecule has 0 unspecified atom stereocenters. The minimum atomic E-state index is 1.00. The van der Waals surface area contributed by atoms with E-state index >= 15 is 0 Å². The van der Waals surface area contributed by atoms with Crippen LogP contribution in [0.15, 0.2) is 0 Å². The van der Waals surface area contributed by atoms with Crippen LogP contribution in [0.25, 0.3) is 0 Å². The van der Waals surface area contributed by atoms with Crippen LogP contribution < -0.4 is 0 Å². The first-order chi connectivity index (χ1) is 2.41. The Balaban J connectivity index is 0. The van der Waals surface area contributed by atoms with E-state index in [9.17, 15) is 0 Å². The van der Waals surface area contributed by atoms with E-state index in [4.69, 9.17) is 0 Å². The molecule has 0 aliphatic rings. The number of hydrogen-bond acceptors (Lipinski definition) is 0. The second-order valence-corrected chi connectivity index (χ2v) is 0.500. The summed E-state index contributed by atoms with van der Waals surface area (Å²) in [4.78, 5) is 0. The summed E-state index contributed by atoms with van der Waals surface area (Å²) in [6.45, 7) is 5.50. The van der Waals surface area contributed by atoms with Crippen molar-refractivity contribution in [1.29, 1.82) is 0 Å². The molecule has 0 aromatic carbocycles. The van der Waals surface area contributed by atoms with Gasteiger partial charge < -0.3 is 6.92 Å². The van der Waals surface area contributed by atoms with Gasteiger partial charge in [0.25, 0.3) is 0 Å². The molecule has 0 aromatic heterocycles. The molecule has 0 bridgehead atoms. The third kappa shape index (κ3) is 32.6. The molecule has 2 heteroatoms. The molecular weight excluding hydrogens is 67.3 g/mol. The molecule has 0 aromatic rings. The fourth-order valence-electron chi connectivity index (χ4n) is 0. The molecule has 0 aliphatic heterocycles. The van der Waals surface area contributed by atoms with Crippen LogP contribution in [0.3, 0.4) is 0 Å². The van der Waals surface area contributed by atoms with E-state index in [0.29, 0.717) is 0 Å². The van der Waals surface area contributed by atoms with Crippen LogP contribution in [0.5, 0.6) is 0 Å². The van der Waals surface area contributed by atoms with Crippen LogP contribution in [0.1, 0.15) is 13.3 Å². The Morgan fingerprint density at radius 3 is 1.80 bits per heavy atom. The van der Waals surface area contributed by atoms with Crippen molar-refractivity contribution in [2.45, 2.75) is 13.3 Å². The van der Waals surface area contributed by atoms with Crippen molar-refractivity contribution < 1.29 is 0 Å². The second-order valence-electron chi connectivity index (χ2n) is 0.500. The monoisotopic (exact) mass is 74.1 g/mol. The van der Waals surface area contributed by atoms with Crippen molar-refractivity contribution >= 4 is 33.6 Å². The normalized spacial score (nSPS) is 5.20. The van der Waals surface area contributed by atoms with E-state index in [1.54, 1.807) is 0 Å². The molecule has 0 heterocycles. The molecule has 0 N–H and O–H groups in total. The standard InChI is InChI=1S/C3H7.Li.Mg/c1-3-2;;/h1,3H2,2H3;;/q-1;;+1. The molecule has 5 heavy (non-hydrogen) atoms. The predicted octanol–water partition coefficient (Wildman–Crippen LogP) is 0.469. The summed E-state index contributed by atoms with van der Waals surface area (Å²) in [6.07, 6.45) is 1.00. The molecule has 0 spiro atoms. The Morgan fingerprint density at radius 2 is 1.80 bits per heavy atom. The summed E-state index contributed by atoms with van der Waals surface area (Å²) >= 11 is 3.89. The van der Waals surface area contributed by atoms with Crippen molar-refractivity contribution in [3.05, 3.63) is 6.92 Å². The van der Waals surface area contributed by atoms with Gasteiger partial charge in [-0.3, -0.25) is 0 Å². The molecule has 0 radical (unpaired) electrons. The maximum atomic E-state index is 3.49. The van der Waals surface area contributed by atoms with Crippen LogP contribution in [-0.4, -0.2) is 33.6 Å². The molecule has 0 aliphatic carbocycles. The summed E-state index contributed by atoms with van der Waals surface area (Å²) in [5.41, 5.74) is 0. The Labute approximate surface area is 53.7 Å². The van der Waals surface area contributed by atoms with Gasteiger partial charge in [0.1, 0.15) is 0 Å². The van der Waals surface area contributed by atoms with Gasteiger partial charge in [0.05, 0.1) is 0 Å². The molecule has 0 atom stereocenters. The Bertz CT molecular complexity index is 6.85. The summed E-state index contributed by atoms with van der Waals surface area (Å²) < 4.78 is 0. The second kappa shape index (κ2) is 18.3. The van der Waals surface area contributed by atoms with E-state index < -0.39 is 0 Å². The zero-order valence-corrected chi connectivity index (χ0v) is 5.54. The van der Waals surface area contributed by atoms with E-state index in [1.165, 1.54) is 0 Å². The number of hydrogen-bond donors (Lipinski definition) is 0. The molecule has 0 rings (SSSR count). The van der Waals surface area contributed by atoms with Gasteiger partial charge in [-0.2, -0.15) is 6.42 Å². The third-order valence-electron chi connectivity index (χ3n) is 0. The first-order valence-electron chi connectivity index (χ1n) is 1.91. The van der Waals surface area contributed by atoms with Gasteiger partial charge in [0.15, 0.2) is 0 Å². The SMILES string of the molecule is [CH2-]CC.[Li][Mg+]. The first kappa shape index (κ1) is 9.61. The van der Waals surface area contributed by atoms with Gasteiger partial charge in [0.2, 0.25) is 0 Å². The summed E-state index contributed by atoms with van der Waals surface area (Å²) in [6, 6.07) is 0. The van der Waals surface area contributed by atoms with Crippen molar-refractivity contribution in [3.63, 3.8) is 0 Å². The quantitative estimate of drug-likeness (QED) is 0.289. The van der Waals surface area contributed by atoms with Gasteiger partial charge in [-0.25, -0.2) is 0 Å². The summed E-state index contributed by atoms with van der Waals surface area (Å²) in [5, 5.41) is 0. The Hall–Kier alpha value is 1.36. The van der Waals surface area contributed by atoms with Crippen molar-refractivity contribution in [1.82, 2.24) is 0 Å². The van der Waals surface area contributed by atoms with Crippen molar-refractivity contribution in [2.75, 3.05) is 0 Å². The van der Waals surface area contributed by atoms with E-state index in [-0.39, 0.29) is 0 Å². The van der Waals surface area contributed by atoms with Crippen LogP contribution in [0.4, 0.5) is 0 Å². The predicted molar refractivity (Wildman–Crippen MR) is 27.2 cm³/mol. The minimum absolute atomic E-state index is 1.00. The fourth-order valence-corrected chi connectivity index (χ4v) is 0. The van der Waals surface area contributed by atoms with Gasteiger partial charge in [-0.05, 0) is 0 Å². The first-order valence-corrected chi connectivity index (χ1v) is 3.33. The molecule has 0 saturated carbocycles. The van der Waals surface area contributed by atoms with Crippen molar-refractivity contribution in [3.8, 4) is 0 Å². The summed E-state index contributed by atoms with van der Waals surface area (Å²) in [7, 11) is 0. The average Bonchev–Trinajstić information content (AvgIpc) is 1.46. The molecule has 0 saturated heterocycles. The van der Waals surface area contributed by atoms with Gasteiger partial charge in [0, 0.05) is 0 Å². The third-order valence-corrected chi connectivity index (χ3v) is 0. The number of rotatable bonds is 0. The van der Waals surface area contributed by atoms with E-state index in [1.807, 2.05) is 40.5 Å². The fraction of sp³-hybridized carbons (Fsp3) is 0.667. The van der Waals surface area contributed by atoms with Crippen LogP contribution in [0, 0.1) is 6.92 Å². The molecule has 0 fully saturated rings.